The van der Waals surface area contributed by atoms with E-state index in [4.69, 9.17) is 9.53 Å². The lowest BCUT2D eigenvalue weighted by Crippen LogP contribution is -2.42. The maximum atomic E-state index is 10.9. The lowest BCUT2D eigenvalue weighted by Gasteiger charge is -2.31. The summed E-state index contributed by atoms with van der Waals surface area (Å²) in [5.41, 5.74) is 0. The van der Waals surface area contributed by atoms with Crippen molar-refractivity contribution in [1.29, 1.82) is 0 Å². The van der Waals surface area contributed by atoms with E-state index in [0.29, 0.717) is 6.42 Å². The van der Waals surface area contributed by atoms with Crippen molar-refractivity contribution in [3.63, 3.8) is 0 Å². The van der Waals surface area contributed by atoms with E-state index >= 15 is 0 Å². The van der Waals surface area contributed by atoms with Gasteiger partial charge in [-0.1, -0.05) is 27.7 Å². The molecule has 0 aromatic heterocycles. The molecule has 0 saturated heterocycles. The quantitative estimate of drug-likeness (QED) is 0.668. The highest BCUT2D eigenvalue weighted by molar-refractivity contribution is 6.73. The molecule has 0 rings (SSSR count). The minimum Gasteiger partial charge on any atom is -0.479 e. The van der Waals surface area contributed by atoms with Gasteiger partial charge in [-0.25, -0.2) is 4.79 Å². The van der Waals surface area contributed by atoms with Gasteiger partial charge >= 0.3 is 5.97 Å². The van der Waals surface area contributed by atoms with Gasteiger partial charge in [0, 0.05) is 0 Å². The zero-order valence-corrected chi connectivity index (χ0v) is 10.7. The first-order chi connectivity index (χ1) is 6.55. The third kappa shape index (κ3) is 3.42. The summed E-state index contributed by atoms with van der Waals surface area (Å²) in [6.07, 6.45) is -0.0362. The molecule has 3 nitrogen and oxygen atoms in total. The molecule has 0 fully saturated rings. The summed E-state index contributed by atoms with van der Waals surface area (Å²) in [7, 11) is -1.75. The Labute approximate surface area is 87.6 Å². The van der Waals surface area contributed by atoms with Gasteiger partial charge in [0.25, 0.3) is 0 Å². The minimum absolute atomic E-state index is 0.560. The fourth-order valence-corrected chi connectivity index (χ4v) is 4.48. The fraction of sp³-hybridized carbons (Fsp3) is 0.900. The Bertz CT molecular complexity index is 170. The Morgan fingerprint density at radius 1 is 1.21 bits per heavy atom. The summed E-state index contributed by atoms with van der Waals surface area (Å²) >= 11 is 0. The van der Waals surface area contributed by atoms with Crippen LogP contribution in [0.3, 0.4) is 0 Å². The summed E-state index contributed by atoms with van der Waals surface area (Å²) in [5, 5.41) is 8.92. The highest BCUT2D eigenvalue weighted by Gasteiger charge is 2.33. The van der Waals surface area contributed by atoms with Crippen molar-refractivity contribution in [3.05, 3.63) is 0 Å². The van der Waals surface area contributed by atoms with Crippen LogP contribution in [-0.4, -0.2) is 25.5 Å². The van der Waals surface area contributed by atoms with Crippen LogP contribution in [-0.2, 0) is 9.22 Å². The Kier molecular flexibility index (Phi) is 6.03. The molecule has 0 aromatic carbocycles. The predicted molar refractivity (Wildman–Crippen MR) is 60.0 cm³/mol. The number of hydrogen-bond donors (Lipinski definition) is 1. The van der Waals surface area contributed by atoms with Gasteiger partial charge in [-0.3, -0.25) is 0 Å². The van der Waals surface area contributed by atoms with Crippen LogP contribution < -0.4 is 0 Å². The summed E-state index contributed by atoms with van der Waals surface area (Å²) in [4.78, 5) is 10.9. The van der Waals surface area contributed by atoms with Gasteiger partial charge in [-0.15, -0.1) is 0 Å². The van der Waals surface area contributed by atoms with Crippen LogP contribution in [0.5, 0.6) is 0 Å². The molecule has 1 N–H and O–H groups in total. The first kappa shape index (κ1) is 13.6. The highest BCUT2D eigenvalue weighted by Crippen LogP contribution is 2.24. The van der Waals surface area contributed by atoms with Crippen molar-refractivity contribution < 1.29 is 14.3 Å². The van der Waals surface area contributed by atoms with Crippen LogP contribution in [0.25, 0.3) is 0 Å². The number of aliphatic carboxylic acids is 1. The molecule has 0 spiro atoms. The first-order valence-electron chi connectivity index (χ1n) is 5.45. The molecule has 0 heterocycles. The van der Waals surface area contributed by atoms with Gasteiger partial charge in [0.05, 0.1) is 0 Å². The van der Waals surface area contributed by atoms with E-state index in [1.54, 1.807) is 0 Å². The van der Waals surface area contributed by atoms with Gasteiger partial charge in [0.1, 0.15) is 6.10 Å². The molecule has 0 unspecified atom stereocenters. The van der Waals surface area contributed by atoms with E-state index < -0.39 is 20.4 Å². The van der Waals surface area contributed by atoms with Crippen molar-refractivity contribution in [2.24, 2.45) is 0 Å². The second-order valence-corrected chi connectivity index (χ2v) is 8.32. The van der Waals surface area contributed by atoms with Crippen LogP contribution in [0.2, 0.25) is 18.1 Å². The van der Waals surface area contributed by atoms with Crippen molar-refractivity contribution in [1.82, 2.24) is 0 Å². The molecule has 0 amide bonds. The molecule has 0 radical (unpaired) electrons. The number of carboxylic acid groups (broad SMARTS) is 1. The van der Waals surface area contributed by atoms with Crippen molar-refractivity contribution in [2.45, 2.75) is 58.4 Å². The summed E-state index contributed by atoms with van der Waals surface area (Å²) in [6, 6.07) is 3.01. The molecule has 4 heteroatoms. The van der Waals surface area contributed by atoms with Crippen LogP contribution in [0.15, 0.2) is 0 Å². The third-order valence-corrected chi connectivity index (χ3v) is 7.62. The second-order valence-electron chi connectivity index (χ2n) is 3.60. The molecule has 0 aliphatic rings. The van der Waals surface area contributed by atoms with E-state index in [1.807, 2.05) is 6.92 Å². The van der Waals surface area contributed by atoms with Crippen molar-refractivity contribution in [3.8, 4) is 0 Å². The fourth-order valence-electron chi connectivity index (χ4n) is 1.61. The van der Waals surface area contributed by atoms with Crippen molar-refractivity contribution in [2.75, 3.05) is 0 Å². The zero-order valence-electron chi connectivity index (χ0n) is 9.67. The highest BCUT2D eigenvalue weighted by atomic mass is 28.4. The largest absolute Gasteiger partial charge is 0.479 e. The first-order valence-corrected chi connectivity index (χ1v) is 7.98. The molecular weight excluding hydrogens is 196 g/mol. The number of hydrogen-bond acceptors (Lipinski definition) is 2. The number of carboxylic acids is 1. The van der Waals surface area contributed by atoms with E-state index in [1.165, 1.54) is 0 Å². The molecule has 1 atom stereocenters. The monoisotopic (exact) mass is 218 g/mol. The number of carbonyl (C=O) groups is 1. The van der Waals surface area contributed by atoms with E-state index in [0.717, 1.165) is 18.1 Å². The molecule has 84 valence electrons. The lowest BCUT2D eigenvalue weighted by molar-refractivity contribution is -0.145. The smallest absolute Gasteiger partial charge is 0.331 e. The van der Waals surface area contributed by atoms with Gasteiger partial charge in [0.2, 0.25) is 0 Å². The SMILES string of the molecule is CC[C@H](O[Si](CC)(CC)CC)C(=O)O. The maximum absolute atomic E-state index is 10.9. The summed E-state index contributed by atoms with van der Waals surface area (Å²) < 4.78 is 5.84. The van der Waals surface area contributed by atoms with Gasteiger partial charge in [-0.05, 0) is 24.6 Å². The normalized spacial score (nSPS) is 14.0. The average molecular weight is 218 g/mol. The second kappa shape index (κ2) is 6.19. The zero-order chi connectivity index (χ0) is 11.2. The Hall–Kier alpha value is -0.353. The molecule has 14 heavy (non-hydrogen) atoms. The van der Waals surface area contributed by atoms with E-state index in [2.05, 4.69) is 20.8 Å². The summed E-state index contributed by atoms with van der Waals surface area (Å²) in [5.74, 6) is -0.820. The van der Waals surface area contributed by atoms with Gasteiger partial charge in [0.15, 0.2) is 8.32 Å². The molecule has 0 bridgehead atoms. The third-order valence-electron chi connectivity index (χ3n) is 2.97. The van der Waals surface area contributed by atoms with Crippen molar-refractivity contribution >= 4 is 14.3 Å². The van der Waals surface area contributed by atoms with Gasteiger partial charge in [-0.2, -0.15) is 0 Å². The van der Waals surface area contributed by atoms with Crippen LogP contribution >= 0.6 is 0 Å². The van der Waals surface area contributed by atoms with E-state index in [-0.39, 0.29) is 0 Å². The Morgan fingerprint density at radius 3 is 1.86 bits per heavy atom. The van der Waals surface area contributed by atoms with E-state index in [9.17, 15) is 4.79 Å². The summed E-state index contributed by atoms with van der Waals surface area (Å²) in [6.45, 7) is 8.17. The average Bonchev–Trinajstić information content (AvgIpc) is 2.20. The number of rotatable bonds is 7. The van der Waals surface area contributed by atoms with Crippen LogP contribution in [0, 0.1) is 0 Å². The molecule has 0 aromatic rings. The minimum atomic E-state index is -1.75. The Balaban J connectivity index is 4.47. The van der Waals surface area contributed by atoms with Crippen LogP contribution in [0.1, 0.15) is 34.1 Å². The van der Waals surface area contributed by atoms with Crippen LogP contribution in [0.4, 0.5) is 0 Å². The Morgan fingerprint density at radius 2 is 1.64 bits per heavy atom. The molecule has 0 aliphatic carbocycles. The molecule has 0 saturated carbocycles. The topological polar surface area (TPSA) is 46.5 Å². The van der Waals surface area contributed by atoms with Gasteiger partial charge < -0.3 is 9.53 Å². The maximum Gasteiger partial charge on any atom is 0.331 e. The standard InChI is InChI=1S/C10H22O3Si/c1-5-9(10(11)12)13-14(6-2,7-3)8-4/h9H,5-8H2,1-4H3,(H,11,12)/t9-/m0/s1. The molecular formula is C10H22O3Si. The predicted octanol–water partition coefficient (Wildman–Crippen LogP) is 2.87. The lowest BCUT2D eigenvalue weighted by atomic mass is 10.3. The molecule has 0 aliphatic heterocycles.